The number of carbonyl (C=O) groups is 1. The number of oxime groups is 1. The molecule has 0 saturated heterocycles. The van der Waals surface area contributed by atoms with E-state index >= 15 is 0 Å². The van der Waals surface area contributed by atoms with E-state index < -0.39 is 5.60 Å². The number of benzene rings is 1. The molecule has 0 heterocycles. The third-order valence-electron chi connectivity index (χ3n) is 10.7. The summed E-state index contributed by atoms with van der Waals surface area (Å²) in [5, 5.41) is 37.2. The summed E-state index contributed by atoms with van der Waals surface area (Å²) in [6, 6.07) is 4.64. The van der Waals surface area contributed by atoms with Crippen LogP contribution in [0.3, 0.4) is 0 Å². The van der Waals surface area contributed by atoms with Gasteiger partial charge in [0.25, 0.3) is 5.91 Å². The number of nitrogens with zero attached hydrogens (tertiary/aromatic N) is 1. The number of phenolic OH excluding ortho intramolecular Hbond substituents is 2. The summed E-state index contributed by atoms with van der Waals surface area (Å²) in [5.41, 5.74) is 2.93. The molecule has 4 aliphatic rings. The third-order valence-corrected chi connectivity index (χ3v) is 10.7. The van der Waals surface area contributed by atoms with Crippen molar-refractivity contribution in [1.82, 2.24) is 5.32 Å². The van der Waals surface area contributed by atoms with E-state index in [1.54, 1.807) is 6.07 Å². The highest BCUT2D eigenvalue weighted by Crippen LogP contribution is 2.67. The van der Waals surface area contributed by atoms with E-state index in [0.29, 0.717) is 30.7 Å². The second-order valence-corrected chi connectivity index (χ2v) is 12.6. The van der Waals surface area contributed by atoms with Crippen LogP contribution in [-0.2, 0) is 16.1 Å². The van der Waals surface area contributed by atoms with Crippen LogP contribution < -0.4 is 5.32 Å². The van der Waals surface area contributed by atoms with Crippen molar-refractivity contribution in [3.8, 4) is 11.5 Å². The molecule has 0 aromatic heterocycles. The molecule has 0 spiro atoms. The van der Waals surface area contributed by atoms with E-state index in [4.69, 9.17) is 4.84 Å². The summed E-state index contributed by atoms with van der Waals surface area (Å²) in [6.45, 7) is 7.13. The molecule has 3 fully saturated rings. The molecule has 4 N–H and O–H groups in total. The lowest BCUT2D eigenvalue weighted by molar-refractivity contribution is -0.125. The number of allylic oxidation sites excluding steroid dienone is 2. The van der Waals surface area contributed by atoms with Crippen molar-refractivity contribution in [3.63, 3.8) is 0 Å². The molecule has 4 aliphatic carbocycles. The van der Waals surface area contributed by atoms with Crippen LogP contribution in [0, 0.1) is 28.6 Å². The van der Waals surface area contributed by atoms with Crippen LogP contribution in [0.5, 0.6) is 11.5 Å². The van der Waals surface area contributed by atoms with E-state index in [-0.39, 0.29) is 34.8 Å². The first-order valence-corrected chi connectivity index (χ1v) is 13.9. The fourth-order valence-corrected chi connectivity index (χ4v) is 8.18. The molecule has 5 rings (SSSR count). The number of hydrogen-bond donors (Lipinski definition) is 4. The van der Waals surface area contributed by atoms with Crippen LogP contribution in [0.2, 0.25) is 0 Å². The zero-order valence-corrected chi connectivity index (χ0v) is 22.4. The zero-order valence-electron chi connectivity index (χ0n) is 22.4. The Bertz CT molecular complexity index is 1110. The van der Waals surface area contributed by atoms with Gasteiger partial charge >= 0.3 is 0 Å². The molecular formula is C30H42N2O5. The zero-order chi connectivity index (χ0) is 26.4. The predicted octanol–water partition coefficient (Wildman–Crippen LogP) is 4.84. The third kappa shape index (κ3) is 4.64. The molecule has 0 bridgehead atoms. The standard InChI is InChI=1S/C30H42N2O5/c1-28-12-8-21(32-37-18-27(35)31-15-11-19-4-7-25(33)26(34)16-19)17-20(28)5-6-22-23(28)9-13-29(2)24(22)10-14-30(29,3)36/h4,7,16-17,22-24,33-34,36H,5-6,8-15,18H2,1-3H3,(H,31,35)/t22-,23-,24-,28-,29+,30-/m0/s1. The van der Waals surface area contributed by atoms with Crippen LogP contribution in [0.4, 0.5) is 0 Å². The number of carbonyl (C=O) groups excluding carboxylic acids is 1. The monoisotopic (exact) mass is 510 g/mol. The largest absolute Gasteiger partial charge is 0.504 e. The lowest BCUT2D eigenvalue weighted by Gasteiger charge is -2.59. The fourth-order valence-electron chi connectivity index (χ4n) is 8.18. The molecule has 1 aromatic carbocycles. The van der Waals surface area contributed by atoms with Gasteiger partial charge < -0.3 is 25.5 Å². The Morgan fingerprint density at radius 2 is 1.84 bits per heavy atom. The lowest BCUT2D eigenvalue weighted by Crippen LogP contribution is -2.53. The smallest absolute Gasteiger partial charge is 0.260 e. The first kappa shape index (κ1) is 26.1. The van der Waals surface area contributed by atoms with Crippen molar-refractivity contribution in [2.24, 2.45) is 33.7 Å². The second kappa shape index (κ2) is 9.64. The molecule has 202 valence electrons. The Hall–Kier alpha value is -2.54. The van der Waals surface area contributed by atoms with E-state index in [1.807, 2.05) is 0 Å². The summed E-state index contributed by atoms with van der Waals surface area (Å²) in [7, 11) is 0. The maximum absolute atomic E-state index is 12.2. The minimum absolute atomic E-state index is 0.0489. The van der Waals surface area contributed by atoms with Crippen LogP contribution in [0.15, 0.2) is 35.0 Å². The summed E-state index contributed by atoms with van der Waals surface area (Å²) in [4.78, 5) is 17.6. The van der Waals surface area contributed by atoms with Gasteiger partial charge in [-0.1, -0.05) is 30.6 Å². The Kier molecular flexibility index (Phi) is 6.80. The lowest BCUT2D eigenvalue weighted by atomic mass is 9.46. The van der Waals surface area contributed by atoms with Gasteiger partial charge in [-0.3, -0.25) is 4.79 Å². The van der Waals surface area contributed by atoms with Crippen molar-refractivity contribution in [3.05, 3.63) is 35.4 Å². The van der Waals surface area contributed by atoms with Gasteiger partial charge in [0.05, 0.1) is 11.3 Å². The maximum atomic E-state index is 12.2. The molecule has 1 amide bonds. The average Bonchev–Trinajstić information content (AvgIpc) is 3.10. The van der Waals surface area contributed by atoms with Gasteiger partial charge in [0.15, 0.2) is 18.1 Å². The number of aromatic hydroxyl groups is 2. The summed E-state index contributed by atoms with van der Waals surface area (Å²) < 4.78 is 0. The van der Waals surface area contributed by atoms with Crippen LogP contribution >= 0.6 is 0 Å². The Balaban J connectivity index is 1.14. The van der Waals surface area contributed by atoms with E-state index in [2.05, 4.69) is 37.3 Å². The van der Waals surface area contributed by atoms with Gasteiger partial charge in [0, 0.05) is 6.54 Å². The molecule has 6 atom stereocenters. The maximum Gasteiger partial charge on any atom is 0.260 e. The Labute approximate surface area is 220 Å². The topological polar surface area (TPSA) is 111 Å². The van der Waals surface area contributed by atoms with Crippen molar-refractivity contribution in [1.29, 1.82) is 0 Å². The van der Waals surface area contributed by atoms with Gasteiger partial charge in [-0.05, 0) is 117 Å². The van der Waals surface area contributed by atoms with Crippen molar-refractivity contribution >= 4 is 11.6 Å². The average molecular weight is 511 g/mol. The van der Waals surface area contributed by atoms with Crippen LogP contribution in [0.1, 0.15) is 77.7 Å². The van der Waals surface area contributed by atoms with Gasteiger partial charge in [-0.25, -0.2) is 0 Å². The molecule has 0 radical (unpaired) electrons. The minimum atomic E-state index is -0.538. The highest BCUT2D eigenvalue weighted by molar-refractivity contribution is 5.96. The van der Waals surface area contributed by atoms with Crippen LogP contribution in [-0.4, -0.2) is 45.7 Å². The van der Waals surface area contributed by atoms with Gasteiger partial charge in [0.1, 0.15) is 0 Å². The van der Waals surface area contributed by atoms with Gasteiger partial charge in [0.2, 0.25) is 0 Å². The van der Waals surface area contributed by atoms with Crippen LogP contribution in [0.25, 0.3) is 0 Å². The Morgan fingerprint density at radius 3 is 2.62 bits per heavy atom. The normalized spacial score (nSPS) is 37.8. The SMILES string of the molecule is C[C@]12CCC(=NOCC(=O)NCCc3ccc(O)c(O)c3)C=C1CC[C@H]1[C@@H]2CC[C@]2(C)[C@H]1CC[C@]2(C)O. The highest BCUT2D eigenvalue weighted by Gasteiger charge is 2.62. The predicted molar refractivity (Wildman–Crippen MR) is 142 cm³/mol. The minimum Gasteiger partial charge on any atom is -0.504 e. The number of nitrogens with one attached hydrogen (secondary N) is 1. The number of rotatable bonds is 6. The molecule has 1 aromatic rings. The van der Waals surface area contributed by atoms with Gasteiger partial charge in [-0.2, -0.15) is 0 Å². The first-order chi connectivity index (χ1) is 17.5. The van der Waals surface area contributed by atoms with Crippen molar-refractivity contribution in [2.75, 3.05) is 13.2 Å². The number of fused-ring (bicyclic) bond motifs is 5. The molecule has 3 saturated carbocycles. The quantitative estimate of drug-likeness (QED) is 0.323. The number of phenols is 2. The number of aliphatic hydroxyl groups is 1. The van der Waals surface area contributed by atoms with E-state index in [1.165, 1.54) is 30.5 Å². The molecule has 7 heteroatoms. The highest BCUT2D eigenvalue weighted by atomic mass is 16.6. The summed E-state index contributed by atoms with van der Waals surface area (Å²) in [6.07, 6.45) is 11.3. The van der Waals surface area contributed by atoms with E-state index in [0.717, 1.165) is 49.8 Å². The first-order valence-electron chi connectivity index (χ1n) is 13.9. The molecule has 37 heavy (non-hydrogen) atoms. The second-order valence-electron chi connectivity index (χ2n) is 12.6. The fraction of sp³-hybridized carbons (Fsp3) is 0.667. The van der Waals surface area contributed by atoms with Crippen molar-refractivity contribution in [2.45, 2.75) is 84.2 Å². The molecular weight excluding hydrogens is 468 g/mol. The van der Waals surface area contributed by atoms with Gasteiger partial charge in [-0.15, -0.1) is 0 Å². The number of hydrogen-bond acceptors (Lipinski definition) is 6. The summed E-state index contributed by atoms with van der Waals surface area (Å²) >= 11 is 0. The Morgan fingerprint density at radius 1 is 1.05 bits per heavy atom. The summed E-state index contributed by atoms with van der Waals surface area (Å²) in [5.74, 6) is 1.43. The molecule has 7 nitrogen and oxygen atoms in total. The molecule has 0 aliphatic heterocycles. The van der Waals surface area contributed by atoms with E-state index in [9.17, 15) is 20.1 Å². The van der Waals surface area contributed by atoms with Crippen molar-refractivity contribution < 1.29 is 25.0 Å². The molecule has 0 unspecified atom stereocenters. The number of amides is 1.